The number of nitrogens with zero attached hydrogens (tertiary/aromatic N) is 2. The summed E-state index contributed by atoms with van der Waals surface area (Å²) in [4.78, 5) is 12.3. The quantitative estimate of drug-likeness (QED) is 0.593. The number of amides is 1. The van der Waals surface area contributed by atoms with E-state index in [4.69, 9.17) is 0 Å². The van der Waals surface area contributed by atoms with Gasteiger partial charge >= 0.3 is 12.4 Å². The van der Waals surface area contributed by atoms with Crippen LogP contribution in [-0.4, -0.2) is 15.7 Å². The summed E-state index contributed by atoms with van der Waals surface area (Å²) < 4.78 is 92.7. The van der Waals surface area contributed by atoms with Crippen molar-refractivity contribution in [1.29, 1.82) is 0 Å². The van der Waals surface area contributed by atoms with E-state index in [1.54, 1.807) is 0 Å². The predicted octanol–water partition coefficient (Wildman–Crippen LogP) is 4.98. The normalized spacial score (nSPS) is 12.1. The van der Waals surface area contributed by atoms with Crippen LogP contribution in [0.3, 0.4) is 0 Å². The first kappa shape index (κ1) is 21.3. The van der Waals surface area contributed by atoms with Gasteiger partial charge in [0.25, 0.3) is 5.91 Å². The van der Waals surface area contributed by atoms with Crippen molar-refractivity contribution in [3.05, 3.63) is 82.9 Å². The molecule has 0 spiro atoms. The number of benzene rings is 2. The Morgan fingerprint density at radius 2 is 1.63 bits per heavy atom. The number of aromatic nitrogens is 2. The molecule has 0 aliphatic rings. The Labute approximate surface area is 164 Å². The topological polar surface area (TPSA) is 46.9 Å². The summed E-state index contributed by atoms with van der Waals surface area (Å²) in [6.07, 6.45) is -9.21. The maximum absolute atomic E-state index is 13.6. The highest BCUT2D eigenvalue weighted by atomic mass is 19.4. The van der Waals surface area contributed by atoms with Gasteiger partial charge in [0.15, 0.2) is 5.69 Å². The van der Waals surface area contributed by atoms with Crippen LogP contribution < -0.4 is 5.32 Å². The zero-order valence-electron chi connectivity index (χ0n) is 14.9. The van der Waals surface area contributed by atoms with Gasteiger partial charge in [-0.3, -0.25) is 4.79 Å². The van der Waals surface area contributed by atoms with E-state index in [1.165, 1.54) is 12.1 Å². The summed E-state index contributed by atoms with van der Waals surface area (Å²) in [6.45, 7) is -0.189. The number of carbonyl (C=O) groups excluding carboxylic acids is 1. The monoisotopic (exact) mass is 431 g/mol. The molecular weight excluding hydrogens is 419 g/mol. The van der Waals surface area contributed by atoms with Crippen LogP contribution >= 0.6 is 0 Å². The van der Waals surface area contributed by atoms with E-state index in [9.17, 15) is 35.5 Å². The van der Waals surface area contributed by atoms with Crippen molar-refractivity contribution in [2.45, 2.75) is 18.9 Å². The van der Waals surface area contributed by atoms with Crippen molar-refractivity contribution in [3.8, 4) is 5.69 Å². The van der Waals surface area contributed by atoms with Crippen LogP contribution in [-0.2, 0) is 18.9 Å². The Morgan fingerprint density at radius 3 is 2.23 bits per heavy atom. The fraction of sp³-hybridized carbons (Fsp3) is 0.158. The molecular formula is C19H12F7N3O. The molecule has 0 saturated carbocycles. The fourth-order valence-electron chi connectivity index (χ4n) is 2.68. The van der Waals surface area contributed by atoms with Gasteiger partial charge in [-0.25, -0.2) is 9.07 Å². The Morgan fingerprint density at radius 1 is 0.967 bits per heavy atom. The first-order valence-electron chi connectivity index (χ1n) is 8.32. The third kappa shape index (κ3) is 4.61. The summed E-state index contributed by atoms with van der Waals surface area (Å²) in [7, 11) is 0. The molecule has 2 aromatic carbocycles. The molecule has 0 aliphatic carbocycles. The first-order valence-corrected chi connectivity index (χ1v) is 8.32. The minimum absolute atomic E-state index is 0.189. The summed E-state index contributed by atoms with van der Waals surface area (Å²) in [6, 6.07) is 8.08. The number of carbonyl (C=O) groups is 1. The average Bonchev–Trinajstić information content (AvgIpc) is 3.12. The molecule has 1 heterocycles. The lowest BCUT2D eigenvalue weighted by Gasteiger charge is -2.14. The molecule has 0 atom stereocenters. The van der Waals surface area contributed by atoms with Gasteiger partial charge in [0.1, 0.15) is 5.82 Å². The second kappa shape index (κ2) is 7.81. The van der Waals surface area contributed by atoms with Gasteiger partial charge in [0.2, 0.25) is 0 Å². The van der Waals surface area contributed by atoms with Crippen molar-refractivity contribution in [1.82, 2.24) is 15.1 Å². The van der Waals surface area contributed by atoms with Crippen LogP contribution in [0.25, 0.3) is 5.69 Å². The lowest BCUT2D eigenvalue weighted by molar-refractivity contribution is -0.143. The largest absolute Gasteiger partial charge is 0.434 e. The molecule has 1 aromatic heterocycles. The molecule has 0 bridgehead atoms. The number of nitrogens with one attached hydrogen (secondary N) is 1. The van der Waals surface area contributed by atoms with Crippen LogP contribution in [0, 0.1) is 5.82 Å². The van der Waals surface area contributed by atoms with Gasteiger partial charge < -0.3 is 5.32 Å². The highest BCUT2D eigenvalue weighted by Crippen LogP contribution is 2.35. The molecule has 11 heteroatoms. The van der Waals surface area contributed by atoms with Crippen LogP contribution in [0.4, 0.5) is 30.7 Å². The average molecular weight is 431 g/mol. The van der Waals surface area contributed by atoms with Gasteiger partial charge in [-0.1, -0.05) is 18.2 Å². The number of rotatable bonds is 4. The molecule has 0 radical (unpaired) electrons. The van der Waals surface area contributed by atoms with Crippen molar-refractivity contribution in [2.75, 3.05) is 0 Å². The summed E-state index contributed by atoms with van der Waals surface area (Å²) in [5.74, 6) is -1.66. The van der Waals surface area contributed by atoms with E-state index in [1.807, 2.05) is 0 Å². The zero-order valence-corrected chi connectivity index (χ0v) is 14.9. The molecule has 0 fully saturated rings. The van der Waals surface area contributed by atoms with E-state index in [2.05, 4.69) is 10.4 Å². The molecule has 4 nitrogen and oxygen atoms in total. The third-order valence-electron chi connectivity index (χ3n) is 4.07. The Kier molecular flexibility index (Phi) is 5.55. The van der Waals surface area contributed by atoms with Crippen molar-refractivity contribution < 1.29 is 35.5 Å². The van der Waals surface area contributed by atoms with Crippen LogP contribution in [0.2, 0.25) is 0 Å². The number of hydrogen-bond acceptors (Lipinski definition) is 2. The molecule has 0 unspecified atom stereocenters. The standard InChI is InChI=1S/C19H12F7N3O/c20-13-6-4-11(5-7-13)9-27-17(30)15-10-28-29(16(15)19(24,25)26)14-3-1-2-12(8-14)18(21,22)23/h1-8,10H,9H2,(H,27,30). The zero-order chi connectivity index (χ0) is 22.1. The molecule has 30 heavy (non-hydrogen) atoms. The van der Waals surface area contributed by atoms with Gasteiger partial charge in [-0.15, -0.1) is 0 Å². The molecule has 1 N–H and O–H groups in total. The molecule has 0 aliphatic heterocycles. The summed E-state index contributed by atoms with van der Waals surface area (Å²) >= 11 is 0. The van der Waals surface area contributed by atoms with Crippen LogP contribution in [0.15, 0.2) is 54.7 Å². The Bertz CT molecular complexity index is 1050. The number of alkyl halides is 6. The SMILES string of the molecule is O=C(NCc1ccc(F)cc1)c1cnn(-c2cccc(C(F)(F)F)c2)c1C(F)(F)F. The summed E-state index contributed by atoms with van der Waals surface area (Å²) in [5, 5.41) is 5.74. The lowest BCUT2D eigenvalue weighted by atomic mass is 10.1. The highest BCUT2D eigenvalue weighted by molar-refractivity contribution is 5.95. The van der Waals surface area contributed by atoms with Crippen molar-refractivity contribution in [2.24, 2.45) is 0 Å². The number of hydrogen-bond donors (Lipinski definition) is 1. The van der Waals surface area contributed by atoms with E-state index < -0.39 is 46.6 Å². The smallest absolute Gasteiger partial charge is 0.348 e. The molecule has 158 valence electrons. The van der Waals surface area contributed by atoms with Gasteiger partial charge in [-0.2, -0.15) is 31.4 Å². The molecule has 3 aromatic rings. The fourth-order valence-corrected chi connectivity index (χ4v) is 2.68. The summed E-state index contributed by atoms with van der Waals surface area (Å²) in [5.41, 5.74) is -3.61. The maximum Gasteiger partial charge on any atom is 0.434 e. The molecule has 3 rings (SSSR count). The van der Waals surface area contributed by atoms with E-state index >= 15 is 0 Å². The third-order valence-corrected chi connectivity index (χ3v) is 4.07. The first-order chi connectivity index (χ1) is 14.0. The molecule has 1 amide bonds. The number of halogens is 7. The van der Waals surface area contributed by atoms with Crippen LogP contribution in [0.1, 0.15) is 27.2 Å². The highest BCUT2D eigenvalue weighted by Gasteiger charge is 2.41. The minimum Gasteiger partial charge on any atom is -0.348 e. The van der Waals surface area contributed by atoms with E-state index in [0.717, 1.165) is 24.3 Å². The van der Waals surface area contributed by atoms with Gasteiger partial charge in [-0.05, 0) is 35.9 Å². The lowest BCUT2D eigenvalue weighted by Crippen LogP contribution is -2.26. The van der Waals surface area contributed by atoms with Gasteiger partial charge in [0, 0.05) is 6.54 Å². The van der Waals surface area contributed by atoms with Crippen molar-refractivity contribution in [3.63, 3.8) is 0 Å². The van der Waals surface area contributed by atoms with Gasteiger partial charge in [0.05, 0.1) is 23.0 Å². The minimum atomic E-state index is -5.08. The Hall–Kier alpha value is -3.37. The Balaban J connectivity index is 1.94. The predicted molar refractivity (Wildman–Crippen MR) is 91.1 cm³/mol. The maximum atomic E-state index is 13.6. The van der Waals surface area contributed by atoms with E-state index in [0.29, 0.717) is 23.9 Å². The second-order valence-electron chi connectivity index (χ2n) is 6.17. The second-order valence-corrected chi connectivity index (χ2v) is 6.17. The van der Waals surface area contributed by atoms with Crippen molar-refractivity contribution >= 4 is 5.91 Å². The van der Waals surface area contributed by atoms with E-state index in [-0.39, 0.29) is 11.2 Å². The molecule has 0 saturated heterocycles. The van der Waals surface area contributed by atoms with Crippen LogP contribution in [0.5, 0.6) is 0 Å².